The van der Waals surface area contributed by atoms with Gasteiger partial charge in [0.05, 0.1) is 0 Å². The number of carbonyl (C=O) groups excluding carboxylic acids is 1. The highest BCUT2D eigenvalue weighted by molar-refractivity contribution is 7.99. The van der Waals surface area contributed by atoms with E-state index in [2.05, 4.69) is 4.74 Å². The highest BCUT2D eigenvalue weighted by atomic mass is 32.2. The molecule has 0 radical (unpaired) electrons. The molecule has 0 aromatic heterocycles. The van der Waals surface area contributed by atoms with Crippen molar-refractivity contribution in [2.45, 2.75) is 6.18 Å². The lowest BCUT2D eigenvalue weighted by Gasteiger charge is -2.25. The quantitative estimate of drug-likeness (QED) is 0.685. The van der Waals surface area contributed by atoms with Gasteiger partial charge in [-0.15, -0.1) is 0 Å². The van der Waals surface area contributed by atoms with Crippen molar-refractivity contribution in [3.05, 3.63) is 0 Å². The van der Waals surface area contributed by atoms with Crippen LogP contribution in [0.1, 0.15) is 0 Å². The number of halogens is 3. The van der Waals surface area contributed by atoms with Gasteiger partial charge >= 0.3 is 12.3 Å². The van der Waals surface area contributed by atoms with Crippen LogP contribution in [0.25, 0.3) is 0 Å². The van der Waals surface area contributed by atoms with Crippen LogP contribution in [0.5, 0.6) is 0 Å². The van der Waals surface area contributed by atoms with E-state index in [9.17, 15) is 18.0 Å². The summed E-state index contributed by atoms with van der Waals surface area (Å²) in [6.07, 6.45) is -5.32. The van der Waals surface area contributed by atoms with Crippen LogP contribution in [-0.2, 0) is 4.74 Å². The first-order valence-electron chi connectivity index (χ1n) is 4.05. The van der Waals surface area contributed by atoms with Crippen molar-refractivity contribution in [1.29, 1.82) is 0 Å². The number of thioether (sulfide) groups is 1. The Morgan fingerprint density at radius 1 is 1.36 bits per heavy atom. The second-order valence-corrected chi connectivity index (χ2v) is 3.99. The Bertz CT molecular complexity index is 204. The largest absolute Gasteiger partial charge is 0.440 e. The van der Waals surface area contributed by atoms with Gasteiger partial charge in [-0.1, -0.05) is 0 Å². The third kappa shape index (κ3) is 4.08. The van der Waals surface area contributed by atoms with Gasteiger partial charge in [0.15, 0.2) is 6.61 Å². The van der Waals surface area contributed by atoms with Crippen molar-refractivity contribution in [2.24, 2.45) is 0 Å². The van der Waals surface area contributed by atoms with Gasteiger partial charge in [0.2, 0.25) is 0 Å². The molecule has 0 N–H and O–H groups in total. The van der Waals surface area contributed by atoms with Gasteiger partial charge in [0.25, 0.3) is 0 Å². The molecule has 7 heteroatoms. The lowest BCUT2D eigenvalue weighted by atomic mass is 10.5. The summed E-state index contributed by atoms with van der Waals surface area (Å²) in [4.78, 5) is 12.3. The van der Waals surface area contributed by atoms with Crippen molar-refractivity contribution in [3.63, 3.8) is 0 Å². The molecule has 0 bridgehead atoms. The molecule has 0 aromatic carbocycles. The minimum atomic E-state index is -4.44. The molecule has 1 fully saturated rings. The molecule has 0 spiro atoms. The molecule has 1 aliphatic rings. The number of rotatable bonds is 1. The summed E-state index contributed by atoms with van der Waals surface area (Å²) in [6.45, 7) is -0.585. The Morgan fingerprint density at radius 3 is 2.43 bits per heavy atom. The van der Waals surface area contributed by atoms with E-state index in [4.69, 9.17) is 0 Å². The Kier molecular flexibility index (Phi) is 3.91. The second kappa shape index (κ2) is 4.77. The number of nitrogens with zero attached hydrogens (tertiary/aromatic N) is 1. The monoisotopic (exact) mass is 229 g/mol. The smallest absolute Gasteiger partial charge is 0.422 e. The van der Waals surface area contributed by atoms with Crippen LogP contribution in [0.2, 0.25) is 0 Å². The topological polar surface area (TPSA) is 29.5 Å². The first-order chi connectivity index (χ1) is 6.49. The fourth-order valence-corrected chi connectivity index (χ4v) is 1.88. The summed E-state index contributed by atoms with van der Waals surface area (Å²) >= 11 is 1.67. The van der Waals surface area contributed by atoms with Crippen molar-refractivity contribution < 1.29 is 22.7 Å². The van der Waals surface area contributed by atoms with E-state index in [1.54, 1.807) is 11.8 Å². The van der Waals surface area contributed by atoms with Gasteiger partial charge in [-0.2, -0.15) is 24.9 Å². The molecule has 1 heterocycles. The van der Waals surface area contributed by atoms with Crippen molar-refractivity contribution in [3.8, 4) is 0 Å². The van der Waals surface area contributed by atoms with Gasteiger partial charge in [0.1, 0.15) is 0 Å². The minimum Gasteiger partial charge on any atom is -0.440 e. The van der Waals surface area contributed by atoms with Crippen LogP contribution in [0.3, 0.4) is 0 Å². The number of alkyl halides is 3. The zero-order chi connectivity index (χ0) is 10.6. The molecule has 1 amide bonds. The number of amides is 1. The SMILES string of the molecule is O=C(OCC(F)(F)F)N1CCSCC1. The van der Waals surface area contributed by atoms with Crippen LogP contribution in [0.15, 0.2) is 0 Å². The molecule has 3 nitrogen and oxygen atoms in total. The van der Waals surface area contributed by atoms with Crippen LogP contribution in [0, 0.1) is 0 Å². The van der Waals surface area contributed by atoms with Crippen molar-refractivity contribution in [1.82, 2.24) is 4.90 Å². The average molecular weight is 229 g/mol. The third-order valence-corrected chi connectivity index (χ3v) is 2.57. The summed E-state index contributed by atoms with van der Waals surface area (Å²) < 4.78 is 39.1. The Hall–Kier alpha value is -0.590. The van der Waals surface area contributed by atoms with Crippen molar-refractivity contribution >= 4 is 17.9 Å². The molecular formula is C7H10F3NO2S. The fourth-order valence-electron chi connectivity index (χ4n) is 0.981. The van der Waals surface area contributed by atoms with Crippen LogP contribution in [-0.4, -0.2) is 48.4 Å². The predicted octanol–water partition coefficient (Wildman–Crippen LogP) is 1.73. The molecule has 0 aliphatic carbocycles. The van der Waals surface area contributed by atoms with Crippen LogP contribution < -0.4 is 0 Å². The number of hydrogen-bond acceptors (Lipinski definition) is 3. The normalized spacial score (nSPS) is 18.1. The summed E-state index contributed by atoms with van der Waals surface area (Å²) in [5.74, 6) is 1.50. The summed E-state index contributed by atoms with van der Waals surface area (Å²) in [5.41, 5.74) is 0. The molecule has 0 aromatic rings. The summed E-state index contributed by atoms with van der Waals surface area (Å²) in [7, 11) is 0. The van der Waals surface area contributed by atoms with E-state index in [0.717, 1.165) is 11.5 Å². The zero-order valence-corrected chi connectivity index (χ0v) is 8.16. The molecule has 0 atom stereocenters. The first-order valence-corrected chi connectivity index (χ1v) is 5.21. The zero-order valence-electron chi connectivity index (χ0n) is 7.34. The number of carbonyl (C=O) groups is 1. The Labute approximate surface area is 83.6 Å². The molecule has 14 heavy (non-hydrogen) atoms. The maximum absolute atomic E-state index is 11.7. The standard InChI is InChI=1S/C7H10F3NO2S/c8-7(9,10)5-13-6(12)11-1-3-14-4-2-11/h1-5H2. The van der Waals surface area contributed by atoms with E-state index < -0.39 is 18.9 Å². The van der Waals surface area contributed by atoms with Gasteiger partial charge in [-0.05, 0) is 0 Å². The second-order valence-electron chi connectivity index (χ2n) is 2.77. The number of hydrogen-bond donors (Lipinski definition) is 0. The van der Waals surface area contributed by atoms with E-state index in [1.165, 1.54) is 4.90 Å². The summed E-state index contributed by atoms with van der Waals surface area (Å²) in [6, 6.07) is 0. The Morgan fingerprint density at radius 2 is 1.93 bits per heavy atom. The summed E-state index contributed by atoms with van der Waals surface area (Å²) in [5, 5.41) is 0. The lowest BCUT2D eigenvalue weighted by molar-refractivity contribution is -0.162. The molecule has 1 aliphatic heterocycles. The highest BCUT2D eigenvalue weighted by Gasteiger charge is 2.31. The van der Waals surface area contributed by atoms with Gasteiger partial charge in [-0.25, -0.2) is 4.79 Å². The molecule has 82 valence electrons. The Balaban J connectivity index is 2.27. The van der Waals surface area contributed by atoms with E-state index in [1.807, 2.05) is 0 Å². The van der Waals surface area contributed by atoms with E-state index >= 15 is 0 Å². The lowest BCUT2D eigenvalue weighted by Crippen LogP contribution is -2.39. The van der Waals surface area contributed by atoms with Crippen LogP contribution in [0.4, 0.5) is 18.0 Å². The molecule has 1 rings (SSSR count). The van der Waals surface area contributed by atoms with E-state index in [-0.39, 0.29) is 0 Å². The first kappa shape index (κ1) is 11.5. The van der Waals surface area contributed by atoms with E-state index in [0.29, 0.717) is 13.1 Å². The number of ether oxygens (including phenoxy) is 1. The average Bonchev–Trinajstić information content (AvgIpc) is 2.14. The van der Waals surface area contributed by atoms with Crippen molar-refractivity contribution in [2.75, 3.05) is 31.2 Å². The molecule has 0 unspecified atom stereocenters. The predicted molar refractivity (Wildman–Crippen MR) is 46.3 cm³/mol. The van der Waals surface area contributed by atoms with Gasteiger partial charge < -0.3 is 9.64 Å². The van der Waals surface area contributed by atoms with Gasteiger partial charge in [-0.3, -0.25) is 0 Å². The molecule has 1 saturated heterocycles. The molecule has 0 saturated carbocycles. The third-order valence-electron chi connectivity index (χ3n) is 1.63. The fraction of sp³-hybridized carbons (Fsp3) is 0.857. The van der Waals surface area contributed by atoms with Gasteiger partial charge in [0, 0.05) is 24.6 Å². The molecular weight excluding hydrogens is 219 g/mol. The highest BCUT2D eigenvalue weighted by Crippen LogP contribution is 2.16. The minimum absolute atomic E-state index is 0.460. The maximum Gasteiger partial charge on any atom is 0.422 e. The maximum atomic E-state index is 11.7. The van der Waals surface area contributed by atoms with Crippen LogP contribution >= 0.6 is 11.8 Å².